The van der Waals surface area contributed by atoms with Crippen LogP contribution in [0.4, 0.5) is 13.2 Å². The largest absolute Gasteiger partial charge is 0.414 e. The first kappa shape index (κ1) is 15.9. The lowest BCUT2D eigenvalue weighted by molar-refractivity contribution is -0.204. The zero-order valence-electron chi connectivity index (χ0n) is 10.1. The summed E-state index contributed by atoms with van der Waals surface area (Å²) < 4.78 is 61.4. The molecular formula is C11H14F3NO3S. The minimum atomic E-state index is -4.74. The fourth-order valence-electron chi connectivity index (χ4n) is 1.29. The standard InChI is InChI=1S/C11H14F3NO3S/c1-8-2-4-9(5-3-8)19(17,18)15-7-6-10(16)11(12,13)14/h2-5,10,15-16H,6-7H2,1H3. The van der Waals surface area contributed by atoms with Crippen molar-refractivity contribution in [3.63, 3.8) is 0 Å². The average molecular weight is 297 g/mol. The van der Waals surface area contributed by atoms with E-state index in [1.165, 1.54) is 12.1 Å². The van der Waals surface area contributed by atoms with E-state index in [0.717, 1.165) is 5.56 Å². The molecule has 2 N–H and O–H groups in total. The van der Waals surface area contributed by atoms with Crippen LogP contribution in [0.15, 0.2) is 29.2 Å². The number of sulfonamides is 1. The number of hydrogen-bond donors (Lipinski definition) is 2. The van der Waals surface area contributed by atoms with Gasteiger partial charge in [0.05, 0.1) is 4.90 Å². The van der Waals surface area contributed by atoms with E-state index in [9.17, 15) is 21.6 Å². The molecule has 1 aromatic carbocycles. The zero-order chi connectivity index (χ0) is 14.7. The van der Waals surface area contributed by atoms with Crippen molar-refractivity contribution in [3.8, 4) is 0 Å². The summed E-state index contributed by atoms with van der Waals surface area (Å²) in [7, 11) is -3.85. The second kappa shape index (κ2) is 5.89. The first-order chi connectivity index (χ1) is 8.63. The fraction of sp³-hybridized carbons (Fsp3) is 0.455. The molecule has 108 valence electrons. The van der Waals surface area contributed by atoms with E-state index in [1.54, 1.807) is 19.1 Å². The van der Waals surface area contributed by atoms with Crippen LogP contribution in [0.2, 0.25) is 0 Å². The maximum Gasteiger partial charge on any atom is 0.414 e. The Morgan fingerprint density at radius 1 is 1.26 bits per heavy atom. The second-order valence-electron chi connectivity index (χ2n) is 4.06. The van der Waals surface area contributed by atoms with Gasteiger partial charge in [-0.2, -0.15) is 13.2 Å². The third kappa shape index (κ3) is 4.81. The number of hydrogen-bond acceptors (Lipinski definition) is 3. The minimum Gasteiger partial charge on any atom is -0.384 e. The Hall–Kier alpha value is -1.12. The van der Waals surface area contributed by atoms with Gasteiger partial charge in [-0.15, -0.1) is 0 Å². The summed E-state index contributed by atoms with van der Waals surface area (Å²) in [5.41, 5.74) is 0.867. The van der Waals surface area contributed by atoms with Gasteiger partial charge in [-0.3, -0.25) is 0 Å². The van der Waals surface area contributed by atoms with Crippen molar-refractivity contribution in [2.75, 3.05) is 6.54 Å². The van der Waals surface area contributed by atoms with Gasteiger partial charge in [-0.25, -0.2) is 13.1 Å². The Kier molecular flexibility index (Phi) is 4.94. The number of rotatable bonds is 5. The van der Waals surface area contributed by atoms with Crippen LogP contribution in [0.1, 0.15) is 12.0 Å². The van der Waals surface area contributed by atoms with E-state index in [-0.39, 0.29) is 4.90 Å². The molecule has 1 rings (SSSR count). The third-order valence-electron chi connectivity index (χ3n) is 2.42. The molecular weight excluding hydrogens is 283 g/mol. The van der Waals surface area contributed by atoms with Gasteiger partial charge in [-0.05, 0) is 25.5 Å². The molecule has 0 aliphatic heterocycles. The molecule has 8 heteroatoms. The van der Waals surface area contributed by atoms with Crippen LogP contribution in [-0.4, -0.2) is 32.3 Å². The minimum absolute atomic E-state index is 0.0281. The molecule has 0 amide bonds. The number of benzene rings is 1. The maximum atomic E-state index is 12.0. The SMILES string of the molecule is Cc1ccc(S(=O)(=O)NCCC(O)C(F)(F)F)cc1. The Morgan fingerprint density at radius 3 is 2.26 bits per heavy atom. The highest BCUT2D eigenvalue weighted by molar-refractivity contribution is 7.89. The highest BCUT2D eigenvalue weighted by atomic mass is 32.2. The first-order valence-electron chi connectivity index (χ1n) is 5.44. The highest BCUT2D eigenvalue weighted by Crippen LogP contribution is 2.22. The Morgan fingerprint density at radius 2 is 1.79 bits per heavy atom. The van der Waals surface area contributed by atoms with Gasteiger partial charge in [0.1, 0.15) is 0 Å². The van der Waals surface area contributed by atoms with Crippen molar-refractivity contribution in [1.82, 2.24) is 4.72 Å². The van der Waals surface area contributed by atoms with Gasteiger partial charge < -0.3 is 5.11 Å². The number of aryl methyl sites for hydroxylation is 1. The van der Waals surface area contributed by atoms with Crippen LogP contribution < -0.4 is 4.72 Å². The number of halogens is 3. The maximum absolute atomic E-state index is 12.0. The van der Waals surface area contributed by atoms with Crippen molar-refractivity contribution in [3.05, 3.63) is 29.8 Å². The van der Waals surface area contributed by atoms with Crippen LogP contribution in [0.3, 0.4) is 0 Å². The molecule has 1 unspecified atom stereocenters. The molecule has 4 nitrogen and oxygen atoms in total. The molecule has 0 aliphatic carbocycles. The molecule has 0 aromatic heterocycles. The van der Waals surface area contributed by atoms with E-state index in [2.05, 4.69) is 0 Å². The summed E-state index contributed by atoms with van der Waals surface area (Å²) in [5.74, 6) is 0. The smallest absolute Gasteiger partial charge is 0.384 e. The molecule has 1 atom stereocenters. The van der Waals surface area contributed by atoms with E-state index < -0.39 is 35.3 Å². The Labute approximate surface area is 109 Å². The second-order valence-corrected chi connectivity index (χ2v) is 5.82. The van der Waals surface area contributed by atoms with Crippen LogP contribution in [-0.2, 0) is 10.0 Å². The van der Waals surface area contributed by atoms with Gasteiger partial charge in [0, 0.05) is 6.54 Å². The molecule has 0 saturated heterocycles. The Balaban J connectivity index is 2.60. The quantitative estimate of drug-likeness (QED) is 0.867. The monoisotopic (exact) mass is 297 g/mol. The lowest BCUT2D eigenvalue weighted by Crippen LogP contribution is -2.34. The van der Waals surface area contributed by atoms with E-state index in [1.807, 2.05) is 4.72 Å². The molecule has 19 heavy (non-hydrogen) atoms. The van der Waals surface area contributed by atoms with Crippen molar-refractivity contribution in [2.24, 2.45) is 0 Å². The van der Waals surface area contributed by atoms with Crippen molar-refractivity contribution < 1.29 is 26.7 Å². The number of aliphatic hydroxyl groups excluding tert-OH is 1. The summed E-state index contributed by atoms with van der Waals surface area (Å²) in [6.45, 7) is 1.29. The predicted octanol–water partition coefficient (Wildman–Crippen LogP) is 1.59. The molecule has 0 spiro atoms. The summed E-state index contributed by atoms with van der Waals surface area (Å²) in [4.78, 5) is -0.0281. The lowest BCUT2D eigenvalue weighted by atomic mass is 10.2. The topological polar surface area (TPSA) is 66.4 Å². The highest BCUT2D eigenvalue weighted by Gasteiger charge is 2.37. The van der Waals surface area contributed by atoms with Crippen LogP contribution in [0.25, 0.3) is 0 Å². The molecule has 1 aromatic rings. The molecule has 0 bridgehead atoms. The lowest BCUT2D eigenvalue weighted by Gasteiger charge is -2.14. The fourth-order valence-corrected chi connectivity index (χ4v) is 2.34. The number of alkyl halides is 3. The van der Waals surface area contributed by atoms with Gasteiger partial charge in [0.15, 0.2) is 6.10 Å². The van der Waals surface area contributed by atoms with Crippen LogP contribution in [0, 0.1) is 6.92 Å². The van der Waals surface area contributed by atoms with Crippen molar-refractivity contribution in [1.29, 1.82) is 0 Å². The summed E-state index contributed by atoms with van der Waals surface area (Å²) in [5, 5.41) is 8.73. The van der Waals surface area contributed by atoms with E-state index in [4.69, 9.17) is 5.11 Å². The molecule has 0 aliphatic rings. The van der Waals surface area contributed by atoms with Gasteiger partial charge >= 0.3 is 6.18 Å². The van der Waals surface area contributed by atoms with Gasteiger partial charge in [0.2, 0.25) is 10.0 Å². The zero-order valence-corrected chi connectivity index (χ0v) is 10.9. The normalized spacial score (nSPS) is 14.4. The first-order valence-corrected chi connectivity index (χ1v) is 6.92. The van der Waals surface area contributed by atoms with Crippen LogP contribution in [0.5, 0.6) is 0 Å². The third-order valence-corrected chi connectivity index (χ3v) is 3.90. The number of aliphatic hydroxyl groups is 1. The van der Waals surface area contributed by atoms with Gasteiger partial charge in [-0.1, -0.05) is 17.7 Å². The summed E-state index contributed by atoms with van der Waals surface area (Å²) in [6, 6.07) is 5.88. The molecule has 0 heterocycles. The van der Waals surface area contributed by atoms with Crippen molar-refractivity contribution in [2.45, 2.75) is 30.5 Å². The molecule has 0 fully saturated rings. The van der Waals surface area contributed by atoms with Crippen LogP contribution >= 0.6 is 0 Å². The predicted molar refractivity (Wildman–Crippen MR) is 63.0 cm³/mol. The van der Waals surface area contributed by atoms with Gasteiger partial charge in [0.25, 0.3) is 0 Å². The summed E-state index contributed by atoms with van der Waals surface area (Å²) in [6.07, 6.45) is -8.00. The van der Waals surface area contributed by atoms with E-state index >= 15 is 0 Å². The average Bonchev–Trinajstić information content (AvgIpc) is 2.28. The number of nitrogens with one attached hydrogen (secondary N) is 1. The Bertz CT molecular complexity index is 511. The molecule has 0 saturated carbocycles. The van der Waals surface area contributed by atoms with E-state index in [0.29, 0.717) is 0 Å². The molecule has 0 radical (unpaired) electrons. The summed E-state index contributed by atoms with van der Waals surface area (Å²) >= 11 is 0. The van der Waals surface area contributed by atoms with Crippen molar-refractivity contribution >= 4 is 10.0 Å².